The second-order valence-corrected chi connectivity index (χ2v) is 21.0. The van der Waals surface area contributed by atoms with E-state index in [1.54, 1.807) is 85.3 Å². The maximum Gasteiger partial charge on any atom is 0.109 e. The van der Waals surface area contributed by atoms with Gasteiger partial charge in [0.15, 0.2) is 0 Å². The molecule has 0 bridgehead atoms. The Morgan fingerprint density at radius 1 is 0.261 bits per heavy atom. The van der Waals surface area contributed by atoms with Crippen LogP contribution in [0.1, 0.15) is 111 Å². The van der Waals surface area contributed by atoms with Gasteiger partial charge in [-0.1, -0.05) is 26.1 Å². The predicted molar refractivity (Wildman–Crippen MR) is 555 cm³/mol. The van der Waals surface area contributed by atoms with Gasteiger partial charge in [0.25, 0.3) is 0 Å². The Morgan fingerprint density at radius 2 is 0.521 bits per heavy atom. The van der Waals surface area contributed by atoms with Crippen molar-refractivity contribution in [2.75, 3.05) is 184 Å². The number of hydrogen-bond acceptors (Lipinski definition) is 17. The fraction of sp³-hybridized carbons (Fsp3) is 0.467. The summed E-state index contributed by atoms with van der Waals surface area (Å²) < 4.78 is 85.4. The number of rotatable bonds is 45. The van der Waals surface area contributed by atoms with Gasteiger partial charge >= 0.3 is 0 Å². The average molecular weight is 3520 g/mol. The van der Waals surface area contributed by atoms with Gasteiger partial charge in [-0.05, 0) is 12.8 Å². The normalized spacial score (nSPS) is 8.24. The largest absolute Gasteiger partial charge is 0.444 e. The summed E-state index contributed by atoms with van der Waals surface area (Å²) in [5, 5.41) is 0. The van der Waals surface area contributed by atoms with Gasteiger partial charge in [0.1, 0.15) is 24.4 Å². The molecule has 0 aliphatic rings. The van der Waals surface area contributed by atoms with Crippen molar-refractivity contribution in [2.45, 2.75) is 133 Å². The molecule has 0 saturated carbocycles. The van der Waals surface area contributed by atoms with Crippen molar-refractivity contribution in [1.29, 1.82) is 0 Å². The number of ether oxygens (including phenoxy) is 17. The fourth-order valence-electron chi connectivity index (χ4n) is 6.66. The van der Waals surface area contributed by atoms with Gasteiger partial charge in [-0.15, -0.1) is 11.5 Å². The first-order valence-corrected chi connectivity index (χ1v) is 34.7. The number of benzene rings is 3. The third-order valence-corrected chi connectivity index (χ3v) is 12.2. The molecule has 0 N–H and O–H groups in total. The average Bonchev–Trinajstić information content (AvgIpc) is 0.921. The van der Waals surface area contributed by atoms with Gasteiger partial charge in [-0.3, -0.25) is 0 Å². The molecule has 5 unspecified atom stereocenters. The summed E-state index contributed by atoms with van der Waals surface area (Å²) >= 11 is 0. The van der Waals surface area contributed by atoms with Crippen LogP contribution in [0.5, 0.6) is 0 Å². The molecule has 0 spiro atoms. The van der Waals surface area contributed by atoms with Gasteiger partial charge in [0, 0.05) is 785 Å². The molecule has 0 heterocycles. The molecule has 20 radical (unpaired) electrons. The molecule has 142 heavy (non-hydrogen) atoms. The van der Waals surface area contributed by atoms with Gasteiger partial charge < -0.3 is 353 Å². The number of unbranched alkanes of at least 4 members (excludes halogenated alkanes) is 2. The van der Waals surface area contributed by atoms with E-state index >= 15 is 0 Å². The Morgan fingerprint density at radius 3 is 0.697 bits per heavy atom. The Balaban J connectivity index is -0.0000000140. The monoisotopic (exact) mass is 3520 g/mol. The zero-order chi connectivity index (χ0) is 79.4. The summed E-state index contributed by atoms with van der Waals surface area (Å²) in [6.45, 7) is 74.7. The van der Waals surface area contributed by atoms with E-state index in [1.165, 1.54) is 11.1 Å². The predicted octanol–water partition coefficient (Wildman–Crippen LogP) is 25.3. The smallest absolute Gasteiger partial charge is 0.109 e. The minimum atomic E-state index is -0.116. The fourth-order valence-corrected chi connectivity index (χ4v) is 6.66. The van der Waals surface area contributed by atoms with Gasteiger partial charge in [0.2, 0.25) is 0 Å². The molecule has 0 aliphatic heterocycles. The second-order valence-electron chi connectivity index (χ2n) is 21.0. The van der Waals surface area contributed by atoms with Gasteiger partial charge in [-0.25, -0.2) is 0 Å². The van der Waals surface area contributed by atoms with E-state index in [-0.39, 0.29) is 839 Å². The molecule has 3 rings (SSSR count). The summed E-state index contributed by atoms with van der Waals surface area (Å²) in [5.41, 5.74) is 5.76. The molecular weight excluding hydrogens is 3310 g/mol. The van der Waals surface area contributed by atoms with Crippen molar-refractivity contribution in [3.63, 3.8) is 0 Å². The summed E-state index contributed by atoms with van der Waals surface area (Å²) in [4.78, 5) is 0. The van der Waals surface area contributed by atoms with E-state index < -0.39 is 0 Å². The minimum Gasteiger partial charge on any atom is -0.444 e. The third kappa shape index (κ3) is 300. The quantitative estimate of drug-likeness (QED) is 0.0388. The van der Waals surface area contributed by atoms with Crippen LogP contribution in [-0.2, 0) is 748 Å². The van der Waals surface area contributed by atoms with E-state index in [0.717, 1.165) is 140 Å². The first-order valence-electron chi connectivity index (χ1n) is 34.7. The van der Waals surface area contributed by atoms with Crippen molar-refractivity contribution < 1.29 is 735 Å². The summed E-state index contributed by atoms with van der Waals surface area (Å²) in [6.07, 6.45) is 12.8. The Labute approximate surface area is 1410 Å². The Bertz CT molecular complexity index is 1780. The van der Waals surface area contributed by atoms with Crippen LogP contribution in [-0.4, -0.2) is 221 Å². The first kappa shape index (κ1) is 329. The molecule has 3 aromatic carbocycles. The Hall–Kier alpha value is 18.8. The van der Waals surface area contributed by atoms with Crippen LogP contribution < -0.4 is 0 Å². The van der Waals surface area contributed by atoms with Crippen molar-refractivity contribution in [2.24, 2.45) is 5.92 Å². The maximum absolute atomic E-state index is 5.43. The van der Waals surface area contributed by atoms with Crippen LogP contribution in [0.3, 0.4) is 0 Å². The van der Waals surface area contributed by atoms with Crippen molar-refractivity contribution in [3.05, 3.63) is 380 Å². The standard InChI is InChI=1S/C13H10.C10H22O5.C10H12O.C8H18O4.C8H16O2.C7H15O2.C7H13.2C6H12O.C4H8O.2C3H6.20CH3.20Y/c1-3-7-12(8-4-1)11-13-9-5-2-6-10-13;1-11-5-9(13-3)7-15-8-10(14-4)6-12-2;1-8-4-9(2)6-10(5-8)7-11-3;1-9-5-7(11-3)8(12-4)6-10-2;1-3-5-9-7-8-10-6-4-2;1-4-7(9-3)5-6-8-2;1-4-7(5-2)6-3;2*1-3-5-6-7-4-2;1-4(2)5-3;2*1-3-2;;;;;;;;;;;;;;;;;;;;;;;;;;;;;;;;;;;;;;;;/h3-10H,11H2;9-10H,5-8H2,1-4H3;4-6H,1-2,7H2,3H3;7-8H,5-6H2,1-4H3;1-8H2;7H,1,4-6H2,2-3H3;7H,1-6H2;2*1-6H2;4H,1-2H2,3H3;2*1-3H2;20*1H3;;;;;;;;;;;;;;;;;;;;/q-2;;-2;;-2;-1;-3;5*-2;20*-1;;;;;;;;;;;;;;;;;;;;. The zero-order valence-corrected chi connectivity index (χ0v) is 155. The summed E-state index contributed by atoms with van der Waals surface area (Å²) in [6, 6.07) is 28.1. The molecule has 5 atom stereocenters. The van der Waals surface area contributed by atoms with E-state index in [2.05, 4.69) is 166 Å². The molecule has 0 fully saturated rings. The molecule has 0 saturated heterocycles. The van der Waals surface area contributed by atoms with E-state index in [1.807, 2.05) is 42.5 Å². The minimum absolute atomic E-state index is 0. The second kappa shape index (κ2) is 306. The zero-order valence-electron chi connectivity index (χ0n) is 98.3. The maximum atomic E-state index is 5.43. The first-order chi connectivity index (χ1) is 49.3. The summed E-state index contributed by atoms with van der Waals surface area (Å²) in [7, 11) is 19.7. The van der Waals surface area contributed by atoms with E-state index in [9.17, 15) is 0 Å². The molecule has 0 amide bonds. The number of hydrogen-bond donors (Lipinski definition) is 0. The third-order valence-electron chi connectivity index (χ3n) is 12.2. The van der Waals surface area contributed by atoms with Crippen LogP contribution in [0.2, 0.25) is 0 Å². The van der Waals surface area contributed by atoms with E-state index in [4.69, 9.17) is 75.8 Å². The van der Waals surface area contributed by atoms with Crippen LogP contribution in [0, 0.1) is 291 Å². The van der Waals surface area contributed by atoms with Gasteiger partial charge in [-0.2, -0.15) is 172 Å². The molecule has 17 nitrogen and oxygen atoms in total. The van der Waals surface area contributed by atoms with Crippen molar-refractivity contribution >= 4 is 0 Å². The molecule has 3 aromatic rings. The Kier molecular flexibility index (Phi) is 707. The van der Waals surface area contributed by atoms with Crippen LogP contribution in [0.15, 0.2) is 66.7 Å². The molecule has 0 aliphatic carbocycles. The molecule has 0 aromatic heterocycles. The molecule has 37 heteroatoms. The van der Waals surface area contributed by atoms with Crippen molar-refractivity contribution in [3.8, 4) is 0 Å². The SMILES string of the molecule is COCC(COCC(COC)OC)OC.COCC(OC)C(COC)OC.[CH2-]C([CH2-])OC.[CH2-]CC(CCOC)OC.[CH2-]CC(C[CH2-])C[CH2-].[CH2-]CCCOC[CH2-].[CH2-]CCCOC[CH2-].[CH2-]CCOCCOCC[CH2-].[CH2-]C[CH2-].[CH2-]C[CH2-].[CH2-]c1cc([CH2-])cc(COC)c1.[CH3-].[CH3-].[CH3-].[CH3-].[CH3-].[CH3-].[CH3-].[CH3-].[CH3-].[CH3-].[CH3-].[CH3-].[CH3-].[CH3-].[CH3-].[CH3-].[CH3-].[CH3-].[CH3-].[CH3-].[Y].[Y].[Y].[Y].[Y].[Y].[Y].[Y].[Y].[Y].[Y].[Y].[Y].[Y].[Y].[Y].[Y].[Y].[Y].[Y].[c-]1ccc(Cc2cc[c-]cc2)cc1. The van der Waals surface area contributed by atoms with Crippen LogP contribution in [0.25, 0.3) is 0 Å². The topological polar surface area (TPSA) is 157 Å². The van der Waals surface area contributed by atoms with Gasteiger partial charge in [0.05, 0.1) is 52.9 Å². The van der Waals surface area contributed by atoms with E-state index in [0.29, 0.717) is 78.6 Å². The van der Waals surface area contributed by atoms with Crippen molar-refractivity contribution in [1.82, 2.24) is 0 Å². The summed E-state index contributed by atoms with van der Waals surface area (Å²) in [5.74, 6) is 0.653. The van der Waals surface area contributed by atoms with Crippen LogP contribution in [0.4, 0.5) is 0 Å². The number of methoxy groups -OCH3 is 12. The van der Waals surface area contributed by atoms with Crippen LogP contribution >= 0.6 is 0 Å². The molecule has 832 valence electrons. The molecular formula is C105H210O17Y20-40.